The highest BCUT2D eigenvalue weighted by Gasteiger charge is 2.27. The van der Waals surface area contributed by atoms with Gasteiger partial charge in [-0.3, -0.25) is 0 Å². The van der Waals surface area contributed by atoms with Crippen molar-refractivity contribution in [1.82, 2.24) is 10.6 Å². The predicted molar refractivity (Wildman–Crippen MR) is 57.2 cm³/mol. The number of hydrogen-bond acceptors (Lipinski definition) is 2. The van der Waals surface area contributed by atoms with Crippen molar-refractivity contribution in [1.29, 1.82) is 0 Å². The third-order valence-electron chi connectivity index (χ3n) is 1.97. The van der Waals surface area contributed by atoms with E-state index < -0.39 is 11.6 Å². The van der Waals surface area contributed by atoms with Crippen molar-refractivity contribution in [3.63, 3.8) is 0 Å². The highest BCUT2D eigenvalue weighted by Crippen LogP contribution is 2.08. The molecule has 0 aliphatic heterocycles. The van der Waals surface area contributed by atoms with E-state index in [0.29, 0.717) is 0 Å². The minimum Gasteiger partial charge on any atom is -0.391 e. The van der Waals surface area contributed by atoms with Gasteiger partial charge in [0.25, 0.3) is 0 Å². The van der Waals surface area contributed by atoms with Crippen LogP contribution in [-0.2, 0) is 0 Å². The number of aliphatic hydroxyl groups is 1. The molecule has 0 spiro atoms. The van der Waals surface area contributed by atoms with Gasteiger partial charge in [0.2, 0.25) is 0 Å². The number of urea groups is 1. The number of hydrogen-bond donors (Lipinski definition) is 3. The molecule has 0 aromatic carbocycles. The van der Waals surface area contributed by atoms with Gasteiger partial charge in [-0.1, -0.05) is 0 Å². The molecule has 1 atom stereocenters. The van der Waals surface area contributed by atoms with Crippen LogP contribution < -0.4 is 10.6 Å². The molecule has 0 aromatic heterocycles. The van der Waals surface area contributed by atoms with Crippen molar-refractivity contribution < 1.29 is 9.90 Å². The molecule has 84 valence electrons. The number of aliphatic hydroxyl groups excluding tert-OH is 1. The first kappa shape index (κ1) is 13.2. The molecule has 0 saturated carbocycles. The van der Waals surface area contributed by atoms with Gasteiger partial charge in [-0.05, 0) is 41.5 Å². The molecule has 0 aliphatic carbocycles. The normalized spacial score (nSPS) is 14.8. The Labute approximate surface area is 86.1 Å². The lowest BCUT2D eigenvalue weighted by Gasteiger charge is -2.31. The summed E-state index contributed by atoms with van der Waals surface area (Å²) in [4.78, 5) is 11.4. The highest BCUT2D eigenvalue weighted by molar-refractivity contribution is 5.75. The maximum absolute atomic E-state index is 11.4. The van der Waals surface area contributed by atoms with E-state index in [0.717, 1.165) is 0 Å². The Bertz CT molecular complexity index is 205. The Morgan fingerprint density at radius 1 is 1.14 bits per heavy atom. The number of amides is 2. The van der Waals surface area contributed by atoms with Crippen LogP contribution in [0.1, 0.15) is 41.5 Å². The van der Waals surface area contributed by atoms with Gasteiger partial charge in [0.1, 0.15) is 0 Å². The molecule has 0 radical (unpaired) electrons. The molecule has 0 aliphatic rings. The van der Waals surface area contributed by atoms with Crippen LogP contribution in [0.2, 0.25) is 0 Å². The topological polar surface area (TPSA) is 61.4 Å². The summed E-state index contributed by atoms with van der Waals surface area (Å²) >= 11 is 0. The van der Waals surface area contributed by atoms with Crippen LogP contribution in [0.15, 0.2) is 0 Å². The zero-order valence-electron chi connectivity index (χ0n) is 9.93. The van der Waals surface area contributed by atoms with Crippen LogP contribution >= 0.6 is 0 Å². The summed E-state index contributed by atoms with van der Waals surface area (Å²) in [7, 11) is 0. The third kappa shape index (κ3) is 5.07. The molecule has 0 heterocycles. The summed E-state index contributed by atoms with van der Waals surface area (Å²) in [5, 5.41) is 14.9. The van der Waals surface area contributed by atoms with E-state index in [4.69, 9.17) is 0 Å². The van der Waals surface area contributed by atoms with Crippen LogP contribution in [0.3, 0.4) is 0 Å². The fraction of sp³-hybridized carbons (Fsp3) is 0.900. The van der Waals surface area contributed by atoms with Gasteiger partial charge in [-0.15, -0.1) is 0 Å². The highest BCUT2D eigenvalue weighted by atomic mass is 16.3. The SMILES string of the molecule is CC(O)C(C)(C)NC(=O)NC(C)(C)C. The monoisotopic (exact) mass is 202 g/mol. The zero-order chi connectivity index (χ0) is 11.6. The zero-order valence-corrected chi connectivity index (χ0v) is 9.93. The molecule has 0 aromatic rings. The van der Waals surface area contributed by atoms with Gasteiger partial charge in [0.15, 0.2) is 0 Å². The lowest BCUT2D eigenvalue weighted by molar-refractivity contribution is 0.100. The second-order valence-corrected chi connectivity index (χ2v) is 5.23. The molecule has 4 heteroatoms. The van der Waals surface area contributed by atoms with Crippen molar-refractivity contribution in [2.45, 2.75) is 58.7 Å². The summed E-state index contributed by atoms with van der Waals surface area (Å²) in [5.74, 6) is 0. The van der Waals surface area contributed by atoms with Gasteiger partial charge in [-0.25, -0.2) is 4.79 Å². The fourth-order valence-corrected chi connectivity index (χ4v) is 0.769. The van der Waals surface area contributed by atoms with Crippen LogP contribution in [0.25, 0.3) is 0 Å². The van der Waals surface area contributed by atoms with Crippen molar-refractivity contribution in [2.24, 2.45) is 0 Å². The molecule has 0 bridgehead atoms. The first-order chi connectivity index (χ1) is 6.04. The van der Waals surface area contributed by atoms with E-state index in [-0.39, 0.29) is 11.6 Å². The summed E-state index contributed by atoms with van der Waals surface area (Å²) in [5.41, 5.74) is -0.881. The average Bonchev–Trinajstić information content (AvgIpc) is 1.79. The molecule has 0 rings (SSSR count). The first-order valence-electron chi connectivity index (χ1n) is 4.83. The lowest BCUT2D eigenvalue weighted by atomic mass is 9.99. The van der Waals surface area contributed by atoms with Crippen molar-refractivity contribution in [3.8, 4) is 0 Å². The quantitative estimate of drug-likeness (QED) is 0.631. The summed E-state index contributed by atoms with van der Waals surface area (Å²) in [6, 6.07) is -0.261. The second kappa shape index (κ2) is 4.17. The first-order valence-corrected chi connectivity index (χ1v) is 4.83. The van der Waals surface area contributed by atoms with Crippen molar-refractivity contribution in [2.75, 3.05) is 0 Å². The Kier molecular flexibility index (Phi) is 3.94. The Hall–Kier alpha value is -0.770. The smallest absolute Gasteiger partial charge is 0.315 e. The van der Waals surface area contributed by atoms with Gasteiger partial charge >= 0.3 is 6.03 Å². The van der Waals surface area contributed by atoms with Gasteiger partial charge in [0, 0.05) is 5.54 Å². The molecular formula is C10H22N2O2. The molecule has 2 amide bonds. The molecule has 3 N–H and O–H groups in total. The molecule has 4 nitrogen and oxygen atoms in total. The maximum atomic E-state index is 11.4. The van der Waals surface area contributed by atoms with E-state index in [1.54, 1.807) is 20.8 Å². The standard InChI is InChI=1S/C10H22N2O2/c1-7(13)10(5,6)12-8(14)11-9(2,3)4/h7,13H,1-6H3,(H2,11,12,14). The van der Waals surface area contributed by atoms with Gasteiger partial charge in [0.05, 0.1) is 11.6 Å². The minimum absolute atomic E-state index is 0.261. The van der Waals surface area contributed by atoms with Crippen LogP contribution in [-0.4, -0.2) is 28.3 Å². The Balaban J connectivity index is 4.20. The van der Waals surface area contributed by atoms with E-state index in [1.807, 2.05) is 20.8 Å². The number of rotatable bonds is 2. The summed E-state index contributed by atoms with van der Waals surface area (Å²) < 4.78 is 0. The third-order valence-corrected chi connectivity index (χ3v) is 1.97. The van der Waals surface area contributed by atoms with Gasteiger partial charge < -0.3 is 15.7 Å². The number of nitrogens with one attached hydrogen (secondary N) is 2. The van der Waals surface area contributed by atoms with Gasteiger partial charge in [-0.2, -0.15) is 0 Å². The molecule has 0 saturated heterocycles. The van der Waals surface area contributed by atoms with Crippen LogP contribution in [0.5, 0.6) is 0 Å². The van der Waals surface area contributed by atoms with E-state index in [1.165, 1.54) is 0 Å². The largest absolute Gasteiger partial charge is 0.391 e. The molecule has 0 fully saturated rings. The lowest BCUT2D eigenvalue weighted by Crippen LogP contribution is -2.57. The summed E-state index contributed by atoms with van der Waals surface area (Å²) in [6.07, 6.45) is -0.590. The molecule has 14 heavy (non-hydrogen) atoms. The second-order valence-electron chi connectivity index (χ2n) is 5.23. The minimum atomic E-state index is -0.616. The molecular weight excluding hydrogens is 180 g/mol. The van der Waals surface area contributed by atoms with Crippen LogP contribution in [0, 0.1) is 0 Å². The summed E-state index contributed by atoms with van der Waals surface area (Å²) in [6.45, 7) is 10.9. The average molecular weight is 202 g/mol. The van der Waals surface area contributed by atoms with E-state index in [9.17, 15) is 9.90 Å². The van der Waals surface area contributed by atoms with Crippen LogP contribution in [0.4, 0.5) is 4.79 Å². The Morgan fingerprint density at radius 2 is 1.57 bits per heavy atom. The van der Waals surface area contributed by atoms with E-state index >= 15 is 0 Å². The fourth-order valence-electron chi connectivity index (χ4n) is 0.769. The van der Waals surface area contributed by atoms with Crippen molar-refractivity contribution >= 4 is 6.03 Å². The number of carbonyl (C=O) groups is 1. The maximum Gasteiger partial charge on any atom is 0.315 e. The molecule has 1 unspecified atom stereocenters. The van der Waals surface area contributed by atoms with E-state index in [2.05, 4.69) is 10.6 Å². The Morgan fingerprint density at radius 3 is 1.86 bits per heavy atom. The number of carbonyl (C=O) groups excluding carboxylic acids is 1. The predicted octanol–water partition coefficient (Wildman–Crippen LogP) is 1.24. The van der Waals surface area contributed by atoms with Crippen molar-refractivity contribution in [3.05, 3.63) is 0 Å².